The zero-order chi connectivity index (χ0) is 11.8. The van der Waals surface area contributed by atoms with E-state index in [1.54, 1.807) is 0 Å². The third kappa shape index (κ3) is 5.73. The molecular weight excluding hydrogens is 206 g/mol. The van der Waals surface area contributed by atoms with Crippen molar-refractivity contribution >= 4 is 11.9 Å². The molecule has 0 spiro atoms. The molecule has 1 saturated carbocycles. The maximum absolute atomic E-state index is 11.5. The Hall–Kier alpha value is -1.06. The third-order valence-corrected chi connectivity index (χ3v) is 3.01. The van der Waals surface area contributed by atoms with Gasteiger partial charge in [-0.15, -0.1) is 0 Å². The van der Waals surface area contributed by atoms with Crippen molar-refractivity contribution in [3.63, 3.8) is 0 Å². The number of nitrogens with one attached hydrogen (secondary N) is 1. The first kappa shape index (κ1) is 13.0. The second-order valence-electron chi connectivity index (χ2n) is 4.50. The summed E-state index contributed by atoms with van der Waals surface area (Å²) >= 11 is 0. The fourth-order valence-corrected chi connectivity index (χ4v) is 2.11. The Labute approximate surface area is 96.4 Å². The lowest BCUT2D eigenvalue weighted by Gasteiger charge is -2.22. The number of carbonyl (C=O) groups excluding carboxylic acids is 1. The summed E-state index contributed by atoms with van der Waals surface area (Å²) in [6.07, 6.45) is 7.79. The number of carboxylic acid groups (broad SMARTS) is 1. The highest BCUT2D eigenvalue weighted by atomic mass is 16.4. The van der Waals surface area contributed by atoms with Crippen LogP contribution in [0.5, 0.6) is 0 Å². The minimum Gasteiger partial charge on any atom is -0.481 e. The van der Waals surface area contributed by atoms with E-state index in [1.807, 2.05) is 0 Å². The molecule has 0 aromatic carbocycles. The van der Waals surface area contributed by atoms with Gasteiger partial charge >= 0.3 is 5.97 Å². The van der Waals surface area contributed by atoms with Crippen LogP contribution >= 0.6 is 0 Å². The predicted octanol–water partition coefficient (Wildman–Crippen LogP) is 2.08. The van der Waals surface area contributed by atoms with Gasteiger partial charge in [0.25, 0.3) is 0 Å². The lowest BCUT2D eigenvalue weighted by molar-refractivity contribution is -0.137. The van der Waals surface area contributed by atoms with Crippen molar-refractivity contribution in [1.29, 1.82) is 0 Å². The fraction of sp³-hybridized carbons (Fsp3) is 0.833. The molecule has 0 aromatic heterocycles. The normalized spacial score (nSPS) is 17.0. The van der Waals surface area contributed by atoms with Crippen LogP contribution in [0.15, 0.2) is 0 Å². The van der Waals surface area contributed by atoms with Gasteiger partial charge in [-0.3, -0.25) is 9.59 Å². The van der Waals surface area contributed by atoms with Gasteiger partial charge in [0.05, 0.1) is 0 Å². The molecule has 1 rings (SSSR count). The first-order chi connectivity index (χ1) is 7.68. The van der Waals surface area contributed by atoms with Crippen LogP contribution in [-0.4, -0.2) is 23.0 Å². The molecule has 0 unspecified atom stereocenters. The maximum Gasteiger partial charge on any atom is 0.303 e. The molecule has 1 aliphatic rings. The van der Waals surface area contributed by atoms with E-state index in [0.717, 1.165) is 12.8 Å². The van der Waals surface area contributed by atoms with Gasteiger partial charge in [-0.1, -0.05) is 19.3 Å². The zero-order valence-corrected chi connectivity index (χ0v) is 9.71. The molecule has 0 bridgehead atoms. The quantitative estimate of drug-likeness (QED) is 0.683. The van der Waals surface area contributed by atoms with Crippen molar-refractivity contribution in [3.05, 3.63) is 0 Å². The molecule has 1 fully saturated rings. The number of carboxylic acids is 1. The highest BCUT2D eigenvalue weighted by Crippen LogP contribution is 2.17. The Morgan fingerprint density at radius 2 is 1.69 bits per heavy atom. The van der Waals surface area contributed by atoms with Gasteiger partial charge < -0.3 is 10.4 Å². The number of aliphatic carboxylic acids is 1. The van der Waals surface area contributed by atoms with E-state index in [9.17, 15) is 9.59 Å². The van der Waals surface area contributed by atoms with Gasteiger partial charge in [0.15, 0.2) is 0 Å². The summed E-state index contributed by atoms with van der Waals surface area (Å²) in [5, 5.41) is 11.5. The molecule has 0 aliphatic heterocycles. The fourth-order valence-electron chi connectivity index (χ4n) is 2.11. The number of carbonyl (C=O) groups is 2. The molecule has 0 radical (unpaired) electrons. The number of amides is 1. The van der Waals surface area contributed by atoms with E-state index in [2.05, 4.69) is 5.32 Å². The van der Waals surface area contributed by atoms with E-state index >= 15 is 0 Å². The molecule has 16 heavy (non-hydrogen) atoms. The van der Waals surface area contributed by atoms with Crippen LogP contribution in [0, 0.1) is 0 Å². The number of hydrogen-bond acceptors (Lipinski definition) is 2. The largest absolute Gasteiger partial charge is 0.481 e. The first-order valence-electron chi connectivity index (χ1n) is 6.19. The molecule has 0 atom stereocenters. The van der Waals surface area contributed by atoms with Crippen LogP contribution in [0.2, 0.25) is 0 Å². The highest BCUT2D eigenvalue weighted by molar-refractivity contribution is 5.76. The minimum absolute atomic E-state index is 0.0808. The van der Waals surface area contributed by atoms with E-state index < -0.39 is 5.97 Å². The van der Waals surface area contributed by atoms with E-state index in [1.165, 1.54) is 19.3 Å². The highest BCUT2D eigenvalue weighted by Gasteiger charge is 2.15. The molecule has 4 nitrogen and oxygen atoms in total. The van der Waals surface area contributed by atoms with Gasteiger partial charge in [0.1, 0.15) is 0 Å². The molecule has 0 saturated heterocycles. The third-order valence-electron chi connectivity index (χ3n) is 3.01. The molecule has 92 valence electrons. The molecule has 1 aliphatic carbocycles. The number of rotatable bonds is 6. The van der Waals surface area contributed by atoms with Crippen LogP contribution in [0.4, 0.5) is 0 Å². The topological polar surface area (TPSA) is 66.4 Å². The summed E-state index contributed by atoms with van der Waals surface area (Å²) in [7, 11) is 0. The SMILES string of the molecule is O=C(O)CCCCC(=O)NC1CCCCC1. The van der Waals surface area contributed by atoms with Gasteiger partial charge in [-0.05, 0) is 25.7 Å². The van der Waals surface area contributed by atoms with Crippen LogP contribution < -0.4 is 5.32 Å². The van der Waals surface area contributed by atoms with Crippen molar-refractivity contribution < 1.29 is 14.7 Å². The van der Waals surface area contributed by atoms with Crippen molar-refractivity contribution in [2.24, 2.45) is 0 Å². The lowest BCUT2D eigenvalue weighted by Crippen LogP contribution is -2.35. The smallest absolute Gasteiger partial charge is 0.303 e. The van der Waals surface area contributed by atoms with Crippen molar-refractivity contribution in [1.82, 2.24) is 5.32 Å². The van der Waals surface area contributed by atoms with Crippen LogP contribution in [0.1, 0.15) is 57.8 Å². The average molecular weight is 227 g/mol. The monoisotopic (exact) mass is 227 g/mol. The molecule has 0 heterocycles. The molecule has 0 aromatic rings. The Morgan fingerprint density at radius 3 is 2.31 bits per heavy atom. The van der Waals surface area contributed by atoms with Gasteiger partial charge in [0.2, 0.25) is 5.91 Å². The van der Waals surface area contributed by atoms with Crippen molar-refractivity contribution in [2.75, 3.05) is 0 Å². The summed E-state index contributed by atoms with van der Waals surface area (Å²) in [6.45, 7) is 0. The minimum atomic E-state index is -0.785. The zero-order valence-electron chi connectivity index (χ0n) is 9.71. The Kier molecular flexibility index (Phi) is 5.90. The summed E-state index contributed by atoms with van der Waals surface area (Å²) in [4.78, 5) is 21.8. The molecule has 1 amide bonds. The van der Waals surface area contributed by atoms with Gasteiger partial charge in [-0.25, -0.2) is 0 Å². The summed E-state index contributed by atoms with van der Waals surface area (Å²) in [5.41, 5.74) is 0. The standard InChI is InChI=1S/C12H21NO3/c14-11(8-4-5-9-12(15)16)13-10-6-2-1-3-7-10/h10H,1-9H2,(H,13,14)(H,15,16). The number of unbranched alkanes of at least 4 members (excludes halogenated alkanes) is 1. The predicted molar refractivity (Wildman–Crippen MR) is 61.1 cm³/mol. The Bertz CT molecular complexity index is 234. The first-order valence-corrected chi connectivity index (χ1v) is 6.19. The second kappa shape index (κ2) is 7.25. The summed E-state index contributed by atoms with van der Waals surface area (Å²) in [5.74, 6) is -0.704. The van der Waals surface area contributed by atoms with Gasteiger partial charge in [-0.2, -0.15) is 0 Å². The van der Waals surface area contributed by atoms with Gasteiger partial charge in [0, 0.05) is 18.9 Å². The summed E-state index contributed by atoms with van der Waals surface area (Å²) in [6, 6.07) is 0.362. The van der Waals surface area contributed by atoms with Crippen molar-refractivity contribution in [3.8, 4) is 0 Å². The number of hydrogen-bond donors (Lipinski definition) is 2. The van der Waals surface area contributed by atoms with Crippen LogP contribution in [0.25, 0.3) is 0 Å². The average Bonchev–Trinajstić information content (AvgIpc) is 2.25. The summed E-state index contributed by atoms with van der Waals surface area (Å²) < 4.78 is 0. The molecule has 2 N–H and O–H groups in total. The Balaban J connectivity index is 2.03. The van der Waals surface area contributed by atoms with E-state index in [4.69, 9.17) is 5.11 Å². The van der Waals surface area contributed by atoms with Crippen molar-refractivity contribution in [2.45, 2.75) is 63.8 Å². The van der Waals surface area contributed by atoms with E-state index in [-0.39, 0.29) is 12.3 Å². The molecule has 4 heteroatoms. The Morgan fingerprint density at radius 1 is 1.06 bits per heavy atom. The van der Waals surface area contributed by atoms with Crippen LogP contribution in [-0.2, 0) is 9.59 Å². The lowest BCUT2D eigenvalue weighted by atomic mass is 9.95. The van der Waals surface area contributed by atoms with Crippen LogP contribution in [0.3, 0.4) is 0 Å². The van der Waals surface area contributed by atoms with E-state index in [0.29, 0.717) is 25.3 Å². The second-order valence-corrected chi connectivity index (χ2v) is 4.50. The molecular formula is C12H21NO3. The maximum atomic E-state index is 11.5.